The highest BCUT2D eigenvalue weighted by molar-refractivity contribution is 5.94. The van der Waals surface area contributed by atoms with Gasteiger partial charge in [-0.3, -0.25) is 9.36 Å². The van der Waals surface area contributed by atoms with E-state index < -0.39 is 11.1 Å². The fourth-order valence-corrected chi connectivity index (χ4v) is 2.67. The van der Waals surface area contributed by atoms with E-state index in [1.165, 1.54) is 0 Å². The van der Waals surface area contributed by atoms with E-state index >= 15 is 0 Å². The maximum Gasteiger partial charge on any atom is 0.294 e. The normalized spacial score (nSPS) is 12.5. The van der Waals surface area contributed by atoms with Crippen LogP contribution >= 0.6 is 0 Å². The number of likely N-dealkylation sites (N-methyl/N-ethyl adjacent to an activating group) is 1. The molecule has 25 heavy (non-hydrogen) atoms. The van der Waals surface area contributed by atoms with Gasteiger partial charge in [-0.25, -0.2) is 0 Å². The summed E-state index contributed by atoms with van der Waals surface area (Å²) in [5.74, 6) is -0.0798. The quantitative estimate of drug-likeness (QED) is 0.546. The Labute approximate surface area is 146 Å². The molecule has 0 fully saturated rings. The molecular weight excluding hydrogens is 324 g/mol. The van der Waals surface area contributed by atoms with Crippen LogP contribution in [0.1, 0.15) is 23.2 Å². The molecule has 8 nitrogen and oxygen atoms in total. The summed E-state index contributed by atoms with van der Waals surface area (Å²) >= 11 is 0. The standard InChI is InChI=1S/C17H24N4O4/c1-19(2)10-9-13-11-20(16-6-4-3-5-15(13)16)17(22)8-7-14(18)12-25-21(23)24/h3-6,11,14H,7-10,12,18H2,1-2H3. The predicted molar refractivity (Wildman–Crippen MR) is 95.0 cm³/mol. The Morgan fingerprint density at radius 2 is 2.12 bits per heavy atom. The summed E-state index contributed by atoms with van der Waals surface area (Å²) in [6, 6.07) is 7.24. The van der Waals surface area contributed by atoms with Gasteiger partial charge in [-0.2, -0.15) is 0 Å². The summed E-state index contributed by atoms with van der Waals surface area (Å²) in [5, 5.41) is 10.4. The molecule has 2 aromatic rings. The minimum atomic E-state index is -0.877. The first kappa shape index (κ1) is 18.9. The van der Waals surface area contributed by atoms with Gasteiger partial charge in [0.2, 0.25) is 5.91 Å². The zero-order valence-electron chi connectivity index (χ0n) is 14.6. The number of carbonyl (C=O) groups excluding carboxylic acids is 1. The summed E-state index contributed by atoms with van der Waals surface area (Å²) in [6.07, 6.45) is 3.26. The molecule has 0 spiro atoms. The second-order valence-corrected chi connectivity index (χ2v) is 6.31. The maximum absolute atomic E-state index is 12.6. The third-order valence-corrected chi connectivity index (χ3v) is 4.01. The van der Waals surface area contributed by atoms with Crippen molar-refractivity contribution in [1.29, 1.82) is 0 Å². The molecule has 0 aliphatic carbocycles. The summed E-state index contributed by atoms with van der Waals surface area (Å²) in [4.78, 5) is 29.1. The highest BCUT2D eigenvalue weighted by Gasteiger charge is 2.15. The molecule has 1 aromatic carbocycles. The van der Waals surface area contributed by atoms with Crippen LogP contribution in [0.4, 0.5) is 0 Å². The van der Waals surface area contributed by atoms with Crippen molar-refractivity contribution in [2.45, 2.75) is 25.3 Å². The van der Waals surface area contributed by atoms with E-state index in [2.05, 4.69) is 9.74 Å². The smallest absolute Gasteiger partial charge is 0.294 e. The molecule has 136 valence electrons. The van der Waals surface area contributed by atoms with E-state index in [1.54, 1.807) is 4.57 Å². The van der Waals surface area contributed by atoms with E-state index in [4.69, 9.17) is 5.73 Å². The number of fused-ring (bicyclic) bond motifs is 1. The molecule has 8 heteroatoms. The van der Waals surface area contributed by atoms with Crippen LogP contribution in [-0.2, 0) is 11.3 Å². The lowest BCUT2D eigenvalue weighted by atomic mass is 10.1. The van der Waals surface area contributed by atoms with Crippen molar-refractivity contribution in [3.8, 4) is 0 Å². The Balaban J connectivity index is 2.08. The van der Waals surface area contributed by atoms with Gasteiger partial charge in [-0.05, 0) is 38.6 Å². The molecule has 1 aromatic heterocycles. The molecule has 1 heterocycles. The largest absolute Gasteiger partial charge is 0.326 e. The first-order chi connectivity index (χ1) is 11.9. The van der Waals surface area contributed by atoms with Crippen molar-refractivity contribution in [1.82, 2.24) is 9.47 Å². The molecule has 2 N–H and O–H groups in total. The molecule has 0 amide bonds. The Bertz CT molecular complexity index is 741. The minimum Gasteiger partial charge on any atom is -0.326 e. The summed E-state index contributed by atoms with van der Waals surface area (Å²) in [5.41, 5.74) is 7.75. The second-order valence-electron chi connectivity index (χ2n) is 6.31. The lowest BCUT2D eigenvalue weighted by molar-refractivity contribution is -0.758. The van der Waals surface area contributed by atoms with Crippen molar-refractivity contribution in [2.24, 2.45) is 5.73 Å². The van der Waals surface area contributed by atoms with Crippen LogP contribution in [0.2, 0.25) is 0 Å². The SMILES string of the molecule is CN(C)CCc1cn(C(=O)CCC(N)CO[N+](=O)[O-])c2ccccc12. The third-order valence-electron chi connectivity index (χ3n) is 4.01. The Kier molecular flexibility index (Phi) is 6.49. The molecule has 1 atom stereocenters. The van der Waals surface area contributed by atoms with E-state index in [-0.39, 0.29) is 18.9 Å². The van der Waals surface area contributed by atoms with Crippen molar-refractivity contribution < 1.29 is 14.7 Å². The van der Waals surface area contributed by atoms with Crippen molar-refractivity contribution in [3.05, 3.63) is 46.1 Å². The second kappa shape index (κ2) is 8.59. The van der Waals surface area contributed by atoms with Gasteiger partial charge in [0.1, 0.15) is 6.61 Å². The summed E-state index contributed by atoms with van der Waals surface area (Å²) in [7, 11) is 4.03. The van der Waals surface area contributed by atoms with Gasteiger partial charge in [0.05, 0.1) is 5.52 Å². The van der Waals surface area contributed by atoms with E-state index in [1.807, 2.05) is 44.6 Å². The monoisotopic (exact) mass is 348 g/mol. The maximum atomic E-state index is 12.6. The fourth-order valence-electron chi connectivity index (χ4n) is 2.67. The van der Waals surface area contributed by atoms with Crippen LogP contribution in [0.25, 0.3) is 10.9 Å². The number of hydrogen-bond acceptors (Lipinski definition) is 6. The number of nitrogens with two attached hydrogens (primary N) is 1. The zero-order valence-corrected chi connectivity index (χ0v) is 14.6. The van der Waals surface area contributed by atoms with Gasteiger partial charge in [0.25, 0.3) is 5.09 Å². The first-order valence-corrected chi connectivity index (χ1v) is 8.18. The number of rotatable bonds is 9. The van der Waals surface area contributed by atoms with Crippen molar-refractivity contribution >= 4 is 16.8 Å². The first-order valence-electron chi connectivity index (χ1n) is 8.18. The average Bonchev–Trinajstić information content (AvgIpc) is 2.95. The van der Waals surface area contributed by atoms with Gasteiger partial charge in [-0.15, -0.1) is 10.1 Å². The molecule has 0 bridgehead atoms. The molecular formula is C17H24N4O4. The number of hydrogen-bond donors (Lipinski definition) is 1. The van der Waals surface area contributed by atoms with Gasteiger partial charge in [-0.1, -0.05) is 18.2 Å². The Hall–Kier alpha value is -2.45. The summed E-state index contributed by atoms with van der Waals surface area (Å²) < 4.78 is 1.65. The van der Waals surface area contributed by atoms with Crippen LogP contribution in [0.3, 0.4) is 0 Å². The molecule has 1 unspecified atom stereocenters. The number of carbonyl (C=O) groups is 1. The van der Waals surface area contributed by atoms with Gasteiger partial charge >= 0.3 is 0 Å². The van der Waals surface area contributed by atoms with Crippen LogP contribution in [0.15, 0.2) is 30.5 Å². The average molecular weight is 348 g/mol. The Morgan fingerprint density at radius 3 is 2.80 bits per heavy atom. The van der Waals surface area contributed by atoms with Gasteiger partial charge < -0.3 is 15.5 Å². The number of para-hydroxylation sites is 1. The van der Waals surface area contributed by atoms with E-state index in [0.29, 0.717) is 6.42 Å². The number of nitrogens with zero attached hydrogens (tertiary/aromatic N) is 3. The highest BCUT2D eigenvalue weighted by atomic mass is 16.9. The van der Waals surface area contributed by atoms with Crippen LogP contribution in [0, 0.1) is 10.1 Å². The number of aromatic nitrogens is 1. The van der Waals surface area contributed by atoms with E-state index in [9.17, 15) is 14.9 Å². The fraction of sp³-hybridized carbons (Fsp3) is 0.471. The molecule has 0 aliphatic rings. The van der Waals surface area contributed by atoms with E-state index in [0.717, 1.165) is 29.4 Å². The van der Waals surface area contributed by atoms with Crippen LogP contribution in [0.5, 0.6) is 0 Å². The predicted octanol–water partition coefficient (Wildman–Crippen LogP) is 1.70. The zero-order chi connectivity index (χ0) is 18.4. The molecule has 0 radical (unpaired) electrons. The molecule has 0 saturated heterocycles. The van der Waals surface area contributed by atoms with Gasteiger partial charge in [0.15, 0.2) is 0 Å². The lowest BCUT2D eigenvalue weighted by Gasteiger charge is -2.10. The molecule has 0 aliphatic heterocycles. The van der Waals surface area contributed by atoms with Crippen LogP contribution in [-0.4, -0.2) is 53.7 Å². The highest BCUT2D eigenvalue weighted by Crippen LogP contribution is 2.22. The molecule has 0 saturated carbocycles. The number of benzene rings is 1. The third kappa shape index (κ3) is 5.27. The lowest BCUT2D eigenvalue weighted by Crippen LogP contribution is -2.28. The topological polar surface area (TPSA) is 104 Å². The van der Waals surface area contributed by atoms with Crippen molar-refractivity contribution in [2.75, 3.05) is 27.2 Å². The minimum absolute atomic E-state index is 0.0798. The Morgan fingerprint density at radius 1 is 1.40 bits per heavy atom. The van der Waals surface area contributed by atoms with Crippen molar-refractivity contribution in [3.63, 3.8) is 0 Å². The van der Waals surface area contributed by atoms with Crippen LogP contribution < -0.4 is 5.73 Å². The molecule has 2 rings (SSSR count). The van der Waals surface area contributed by atoms with Gasteiger partial charge in [0, 0.05) is 30.6 Å². The summed E-state index contributed by atoms with van der Waals surface area (Å²) in [6.45, 7) is 0.687.